The first kappa shape index (κ1) is 16.9. The summed E-state index contributed by atoms with van der Waals surface area (Å²) in [6.07, 6.45) is 2.38. The minimum absolute atomic E-state index is 0.704. The van der Waals surface area contributed by atoms with Crippen molar-refractivity contribution in [2.24, 2.45) is 5.73 Å². The lowest BCUT2D eigenvalue weighted by Gasteiger charge is -2.39. The number of nitrogens with two attached hydrogens (primary N) is 1. The van der Waals surface area contributed by atoms with Gasteiger partial charge in [-0.3, -0.25) is 9.80 Å². The summed E-state index contributed by atoms with van der Waals surface area (Å²) in [7, 11) is 0. The van der Waals surface area contributed by atoms with Crippen molar-refractivity contribution in [1.82, 2.24) is 14.7 Å². The highest BCUT2D eigenvalue weighted by molar-refractivity contribution is 4.78. The summed E-state index contributed by atoms with van der Waals surface area (Å²) in [5.41, 5.74) is 5.71. The van der Waals surface area contributed by atoms with Crippen molar-refractivity contribution in [1.29, 1.82) is 0 Å². The van der Waals surface area contributed by atoms with Crippen LogP contribution in [0.25, 0.3) is 0 Å². The van der Waals surface area contributed by atoms with Crippen LogP contribution in [0, 0.1) is 0 Å². The largest absolute Gasteiger partial charge is 0.330 e. The third-order valence-electron chi connectivity index (χ3n) is 4.52. The maximum absolute atomic E-state index is 5.71. The zero-order valence-electron chi connectivity index (χ0n) is 13.3. The normalized spacial score (nSPS) is 20.1. The van der Waals surface area contributed by atoms with Crippen LogP contribution in [0.15, 0.2) is 0 Å². The Balaban J connectivity index is 2.24. The third-order valence-corrected chi connectivity index (χ3v) is 4.52. The number of nitrogens with zero attached hydrogens (tertiary/aromatic N) is 3. The molecule has 1 aliphatic heterocycles. The summed E-state index contributed by atoms with van der Waals surface area (Å²) in [5, 5.41) is 0. The van der Waals surface area contributed by atoms with E-state index >= 15 is 0 Å². The zero-order chi connectivity index (χ0) is 14.1. The summed E-state index contributed by atoms with van der Waals surface area (Å²) in [6, 6.07) is 0.704. The molecule has 0 spiro atoms. The van der Waals surface area contributed by atoms with Crippen LogP contribution < -0.4 is 5.73 Å². The molecule has 0 saturated carbocycles. The molecule has 0 aromatic heterocycles. The Kier molecular flexibility index (Phi) is 8.62. The van der Waals surface area contributed by atoms with E-state index in [4.69, 9.17) is 5.73 Å². The standard InChI is InChI=1S/C15H34N4/c1-4-15(7-8-16)19-13-11-18(12-14-19)10-9-17(5-2)6-3/h15H,4-14,16H2,1-3H3. The van der Waals surface area contributed by atoms with Crippen molar-refractivity contribution in [2.75, 3.05) is 58.9 Å². The van der Waals surface area contributed by atoms with Crippen LogP contribution in [0.5, 0.6) is 0 Å². The molecule has 1 rings (SSSR count). The Morgan fingerprint density at radius 2 is 1.68 bits per heavy atom. The molecule has 1 aliphatic rings. The fraction of sp³-hybridized carbons (Fsp3) is 1.00. The van der Waals surface area contributed by atoms with Gasteiger partial charge >= 0.3 is 0 Å². The molecule has 1 saturated heterocycles. The molecule has 0 radical (unpaired) electrons. The molecule has 2 N–H and O–H groups in total. The molecule has 1 heterocycles. The molecule has 0 amide bonds. The Morgan fingerprint density at radius 1 is 1.05 bits per heavy atom. The molecule has 0 aromatic carbocycles. The first-order valence-corrected chi connectivity index (χ1v) is 8.13. The van der Waals surface area contributed by atoms with Crippen molar-refractivity contribution < 1.29 is 0 Å². The average Bonchev–Trinajstić information content (AvgIpc) is 2.46. The molecule has 4 heteroatoms. The number of piperazine rings is 1. The average molecular weight is 270 g/mol. The fourth-order valence-corrected chi connectivity index (χ4v) is 3.01. The van der Waals surface area contributed by atoms with E-state index in [-0.39, 0.29) is 0 Å². The van der Waals surface area contributed by atoms with Gasteiger partial charge in [0.05, 0.1) is 0 Å². The Hall–Kier alpha value is -0.160. The number of rotatable bonds is 9. The minimum atomic E-state index is 0.704. The monoisotopic (exact) mass is 270 g/mol. The second-order valence-electron chi connectivity index (χ2n) is 5.54. The number of likely N-dealkylation sites (N-methyl/N-ethyl adjacent to an activating group) is 1. The van der Waals surface area contributed by atoms with E-state index in [2.05, 4.69) is 35.5 Å². The van der Waals surface area contributed by atoms with E-state index in [0.29, 0.717) is 6.04 Å². The predicted octanol–water partition coefficient (Wildman–Crippen LogP) is 1.07. The van der Waals surface area contributed by atoms with Gasteiger partial charge in [-0.2, -0.15) is 0 Å². The lowest BCUT2D eigenvalue weighted by Crippen LogP contribution is -2.51. The summed E-state index contributed by atoms with van der Waals surface area (Å²) >= 11 is 0. The van der Waals surface area contributed by atoms with Crippen molar-refractivity contribution in [3.8, 4) is 0 Å². The summed E-state index contributed by atoms with van der Waals surface area (Å²) in [5.74, 6) is 0. The summed E-state index contributed by atoms with van der Waals surface area (Å²) < 4.78 is 0. The smallest absolute Gasteiger partial charge is 0.0113 e. The second kappa shape index (κ2) is 9.70. The van der Waals surface area contributed by atoms with Crippen LogP contribution >= 0.6 is 0 Å². The fourth-order valence-electron chi connectivity index (χ4n) is 3.01. The molecule has 0 bridgehead atoms. The van der Waals surface area contributed by atoms with Gasteiger partial charge in [0.15, 0.2) is 0 Å². The van der Waals surface area contributed by atoms with Gasteiger partial charge in [0, 0.05) is 45.3 Å². The highest BCUT2D eigenvalue weighted by Crippen LogP contribution is 2.11. The molecular formula is C15H34N4. The second-order valence-corrected chi connectivity index (χ2v) is 5.54. The highest BCUT2D eigenvalue weighted by Gasteiger charge is 2.22. The van der Waals surface area contributed by atoms with Gasteiger partial charge in [-0.25, -0.2) is 0 Å². The molecule has 19 heavy (non-hydrogen) atoms. The molecular weight excluding hydrogens is 236 g/mol. The zero-order valence-corrected chi connectivity index (χ0v) is 13.3. The molecule has 1 unspecified atom stereocenters. The topological polar surface area (TPSA) is 35.7 Å². The Morgan fingerprint density at radius 3 is 2.16 bits per heavy atom. The van der Waals surface area contributed by atoms with Crippen molar-refractivity contribution in [3.05, 3.63) is 0 Å². The van der Waals surface area contributed by atoms with E-state index in [9.17, 15) is 0 Å². The lowest BCUT2D eigenvalue weighted by molar-refractivity contribution is 0.0845. The van der Waals surface area contributed by atoms with Crippen LogP contribution in [0.3, 0.4) is 0 Å². The molecule has 1 atom stereocenters. The molecule has 1 fully saturated rings. The van der Waals surface area contributed by atoms with Crippen LogP contribution in [0.4, 0.5) is 0 Å². The first-order valence-electron chi connectivity index (χ1n) is 8.13. The van der Waals surface area contributed by atoms with Crippen LogP contribution in [0.2, 0.25) is 0 Å². The van der Waals surface area contributed by atoms with Gasteiger partial charge in [0.2, 0.25) is 0 Å². The van der Waals surface area contributed by atoms with E-state index in [1.54, 1.807) is 0 Å². The molecule has 4 nitrogen and oxygen atoms in total. The highest BCUT2D eigenvalue weighted by atomic mass is 15.3. The Bertz CT molecular complexity index is 210. The lowest BCUT2D eigenvalue weighted by atomic mass is 10.1. The maximum atomic E-state index is 5.71. The van der Waals surface area contributed by atoms with Crippen molar-refractivity contribution >= 4 is 0 Å². The van der Waals surface area contributed by atoms with Gasteiger partial charge in [0.1, 0.15) is 0 Å². The van der Waals surface area contributed by atoms with E-state index in [0.717, 1.165) is 13.0 Å². The van der Waals surface area contributed by atoms with Gasteiger partial charge in [0.25, 0.3) is 0 Å². The van der Waals surface area contributed by atoms with E-state index < -0.39 is 0 Å². The number of hydrogen-bond donors (Lipinski definition) is 1. The van der Waals surface area contributed by atoms with Crippen LogP contribution in [-0.4, -0.2) is 79.6 Å². The van der Waals surface area contributed by atoms with Crippen molar-refractivity contribution in [3.63, 3.8) is 0 Å². The van der Waals surface area contributed by atoms with Crippen molar-refractivity contribution in [2.45, 2.75) is 39.7 Å². The minimum Gasteiger partial charge on any atom is -0.330 e. The van der Waals surface area contributed by atoms with E-state index in [1.807, 2.05) is 0 Å². The van der Waals surface area contributed by atoms with Crippen LogP contribution in [-0.2, 0) is 0 Å². The number of hydrogen-bond acceptors (Lipinski definition) is 4. The van der Waals surface area contributed by atoms with Crippen LogP contribution in [0.1, 0.15) is 33.6 Å². The molecule has 0 aromatic rings. The maximum Gasteiger partial charge on any atom is 0.0113 e. The summed E-state index contributed by atoms with van der Waals surface area (Å²) in [6.45, 7) is 17.3. The third kappa shape index (κ3) is 5.78. The SMILES string of the molecule is CCC(CCN)N1CCN(CCN(CC)CC)CC1. The molecule has 114 valence electrons. The van der Waals surface area contributed by atoms with Gasteiger partial charge < -0.3 is 10.6 Å². The first-order chi connectivity index (χ1) is 9.24. The Labute approximate surface area is 119 Å². The van der Waals surface area contributed by atoms with Gasteiger partial charge in [-0.15, -0.1) is 0 Å². The van der Waals surface area contributed by atoms with Gasteiger partial charge in [-0.1, -0.05) is 20.8 Å². The quantitative estimate of drug-likeness (QED) is 0.680. The summed E-state index contributed by atoms with van der Waals surface area (Å²) in [4.78, 5) is 7.76. The van der Waals surface area contributed by atoms with Gasteiger partial charge in [-0.05, 0) is 32.5 Å². The molecule has 0 aliphatic carbocycles. The predicted molar refractivity (Wildman–Crippen MR) is 83.6 cm³/mol. The van der Waals surface area contributed by atoms with E-state index in [1.165, 1.54) is 58.8 Å².